The Morgan fingerprint density at radius 3 is 2.66 bits per heavy atom. The molecular formula is C23H24N2O3S. The Morgan fingerprint density at radius 2 is 1.97 bits per heavy atom. The maximum absolute atomic E-state index is 12.4. The van der Waals surface area contributed by atoms with Crippen LogP contribution < -0.4 is 14.8 Å². The molecule has 0 radical (unpaired) electrons. The molecule has 0 unspecified atom stereocenters. The molecule has 0 aliphatic carbocycles. The van der Waals surface area contributed by atoms with Crippen molar-refractivity contribution in [3.8, 4) is 11.5 Å². The lowest BCUT2D eigenvalue weighted by molar-refractivity contribution is -0.122. The van der Waals surface area contributed by atoms with Crippen LogP contribution in [0, 0.1) is 0 Å². The lowest BCUT2D eigenvalue weighted by Gasteiger charge is -2.13. The average Bonchev–Trinajstić information content (AvgIpc) is 3.00. The van der Waals surface area contributed by atoms with E-state index in [2.05, 4.69) is 11.9 Å². The summed E-state index contributed by atoms with van der Waals surface area (Å²) in [5.74, 6) is 1.42. The van der Waals surface area contributed by atoms with E-state index in [1.807, 2.05) is 55.5 Å². The number of allylic oxidation sites excluding steroid dienone is 1. The van der Waals surface area contributed by atoms with Gasteiger partial charge in [-0.2, -0.15) is 0 Å². The first kappa shape index (κ1) is 20.6. The Morgan fingerprint density at radius 1 is 1.17 bits per heavy atom. The number of thiocarbonyl (C=S) groups is 1. The molecule has 1 aliphatic heterocycles. The number of benzene rings is 2. The number of carbonyl (C=O) groups is 1. The summed E-state index contributed by atoms with van der Waals surface area (Å²) in [4.78, 5) is 14.0. The number of para-hydroxylation sites is 1. The molecule has 0 saturated carbocycles. The van der Waals surface area contributed by atoms with E-state index in [1.165, 1.54) is 4.90 Å². The molecule has 29 heavy (non-hydrogen) atoms. The Kier molecular flexibility index (Phi) is 6.67. The van der Waals surface area contributed by atoms with Crippen molar-refractivity contribution in [2.24, 2.45) is 0 Å². The predicted molar refractivity (Wildman–Crippen MR) is 119 cm³/mol. The molecule has 1 saturated heterocycles. The third kappa shape index (κ3) is 4.66. The lowest BCUT2D eigenvalue weighted by atomic mass is 10.1. The molecule has 0 aromatic heterocycles. The van der Waals surface area contributed by atoms with Crippen LogP contribution in [0.2, 0.25) is 0 Å². The molecule has 0 bridgehead atoms. The molecule has 6 heteroatoms. The molecule has 5 nitrogen and oxygen atoms in total. The van der Waals surface area contributed by atoms with E-state index in [4.69, 9.17) is 21.7 Å². The van der Waals surface area contributed by atoms with Crippen LogP contribution in [-0.4, -0.2) is 29.6 Å². The first-order chi connectivity index (χ1) is 14.1. The van der Waals surface area contributed by atoms with Crippen LogP contribution in [0.3, 0.4) is 0 Å². The highest BCUT2D eigenvalue weighted by molar-refractivity contribution is 7.80. The van der Waals surface area contributed by atoms with Crippen molar-refractivity contribution in [1.29, 1.82) is 0 Å². The minimum Gasteiger partial charge on any atom is -0.496 e. The second-order valence-corrected chi connectivity index (χ2v) is 6.88. The van der Waals surface area contributed by atoms with Gasteiger partial charge < -0.3 is 14.8 Å². The topological polar surface area (TPSA) is 50.8 Å². The lowest BCUT2D eigenvalue weighted by Crippen LogP contribution is -2.30. The van der Waals surface area contributed by atoms with Gasteiger partial charge in [0, 0.05) is 12.1 Å². The molecule has 1 amide bonds. The Balaban J connectivity index is 1.83. The minimum absolute atomic E-state index is 0.121. The zero-order chi connectivity index (χ0) is 20.8. The quantitative estimate of drug-likeness (QED) is 0.405. The van der Waals surface area contributed by atoms with Gasteiger partial charge in [0.1, 0.15) is 23.8 Å². The van der Waals surface area contributed by atoms with Crippen LogP contribution in [-0.2, 0) is 17.8 Å². The second-order valence-electron chi connectivity index (χ2n) is 6.50. The van der Waals surface area contributed by atoms with Crippen molar-refractivity contribution in [2.75, 3.05) is 13.7 Å². The maximum atomic E-state index is 12.4. The van der Waals surface area contributed by atoms with Gasteiger partial charge in [-0.15, -0.1) is 6.58 Å². The summed E-state index contributed by atoms with van der Waals surface area (Å²) in [5, 5.41) is 3.41. The highest BCUT2D eigenvalue weighted by Crippen LogP contribution is 2.26. The third-order valence-electron chi connectivity index (χ3n) is 4.61. The van der Waals surface area contributed by atoms with Crippen LogP contribution in [0.1, 0.15) is 23.6 Å². The molecule has 0 spiro atoms. The normalized spacial score (nSPS) is 14.8. The van der Waals surface area contributed by atoms with E-state index in [-0.39, 0.29) is 5.91 Å². The summed E-state index contributed by atoms with van der Waals surface area (Å²) in [6.45, 7) is 6.57. The van der Waals surface area contributed by atoms with Gasteiger partial charge >= 0.3 is 0 Å². The first-order valence-corrected chi connectivity index (χ1v) is 9.81. The number of methoxy groups -OCH3 is 1. The predicted octanol–water partition coefficient (Wildman–Crippen LogP) is 4.08. The monoisotopic (exact) mass is 408 g/mol. The van der Waals surface area contributed by atoms with Crippen LogP contribution in [0.4, 0.5) is 0 Å². The summed E-state index contributed by atoms with van der Waals surface area (Å²) < 4.78 is 11.5. The van der Waals surface area contributed by atoms with Gasteiger partial charge in [-0.1, -0.05) is 30.3 Å². The number of hydrogen-bond donors (Lipinski definition) is 1. The van der Waals surface area contributed by atoms with Crippen molar-refractivity contribution >= 4 is 29.3 Å². The molecule has 3 rings (SSSR count). The number of hydrogen-bond acceptors (Lipinski definition) is 4. The van der Waals surface area contributed by atoms with Gasteiger partial charge in [0.15, 0.2) is 5.11 Å². The number of likely N-dealkylation sites (N-methyl/N-ethyl adjacent to an activating group) is 1. The number of nitrogens with zero attached hydrogens (tertiary/aromatic N) is 1. The molecule has 1 fully saturated rings. The molecule has 1 heterocycles. The Hall–Kier alpha value is -3.12. The number of ether oxygens (including phenoxy) is 2. The molecule has 1 aliphatic rings. The number of nitrogens with one attached hydrogen (secondary N) is 1. The molecule has 150 valence electrons. The van der Waals surface area contributed by atoms with Gasteiger partial charge in [0.05, 0.1) is 7.11 Å². The van der Waals surface area contributed by atoms with Crippen LogP contribution in [0.15, 0.2) is 60.8 Å². The molecule has 2 aromatic rings. The average molecular weight is 409 g/mol. The zero-order valence-electron chi connectivity index (χ0n) is 16.6. The minimum atomic E-state index is -0.121. The summed E-state index contributed by atoms with van der Waals surface area (Å²) in [7, 11) is 1.63. The van der Waals surface area contributed by atoms with Gasteiger partial charge in [0.25, 0.3) is 5.91 Å². The number of rotatable bonds is 8. The first-order valence-electron chi connectivity index (χ1n) is 9.40. The molecule has 2 aromatic carbocycles. The van der Waals surface area contributed by atoms with Crippen LogP contribution >= 0.6 is 12.2 Å². The van der Waals surface area contributed by atoms with E-state index >= 15 is 0 Å². The van der Waals surface area contributed by atoms with E-state index in [0.717, 1.165) is 34.6 Å². The highest BCUT2D eigenvalue weighted by Gasteiger charge is 2.29. The summed E-state index contributed by atoms with van der Waals surface area (Å²) >= 11 is 5.21. The summed E-state index contributed by atoms with van der Waals surface area (Å²) in [5.41, 5.74) is 3.29. The molecular weight excluding hydrogens is 384 g/mol. The Labute approximate surface area is 176 Å². The fraction of sp³-hybridized carbons (Fsp3) is 0.217. The van der Waals surface area contributed by atoms with Gasteiger partial charge in [-0.3, -0.25) is 9.69 Å². The van der Waals surface area contributed by atoms with Crippen molar-refractivity contribution in [2.45, 2.75) is 20.0 Å². The van der Waals surface area contributed by atoms with Gasteiger partial charge in [0.2, 0.25) is 0 Å². The van der Waals surface area contributed by atoms with Crippen molar-refractivity contribution in [3.63, 3.8) is 0 Å². The van der Waals surface area contributed by atoms with Crippen LogP contribution in [0.25, 0.3) is 6.08 Å². The fourth-order valence-corrected chi connectivity index (χ4v) is 3.47. The summed E-state index contributed by atoms with van der Waals surface area (Å²) in [6.07, 6.45) is 4.38. The van der Waals surface area contributed by atoms with Crippen molar-refractivity contribution in [1.82, 2.24) is 10.2 Å². The third-order valence-corrected chi connectivity index (χ3v) is 4.94. The van der Waals surface area contributed by atoms with Gasteiger partial charge in [-0.05, 0) is 61.0 Å². The Bertz CT molecular complexity index is 968. The fourth-order valence-electron chi connectivity index (χ4n) is 3.15. The van der Waals surface area contributed by atoms with Crippen molar-refractivity contribution in [3.05, 3.63) is 77.5 Å². The van der Waals surface area contributed by atoms with E-state index in [9.17, 15) is 4.79 Å². The molecule has 1 N–H and O–H groups in total. The van der Waals surface area contributed by atoms with Crippen molar-refractivity contribution < 1.29 is 14.3 Å². The van der Waals surface area contributed by atoms with E-state index < -0.39 is 0 Å². The SMILES string of the molecule is C=CCc1ccccc1OCc1cc(/C=C2/NC(=S)N(CC)C2=O)ccc1OC. The van der Waals surface area contributed by atoms with E-state index in [0.29, 0.717) is 24.0 Å². The maximum Gasteiger partial charge on any atom is 0.276 e. The highest BCUT2D eigenvalue weighted by atomic mass is 32.1. The van der Waals surface area contributed by atoms with Gasteiger partial charge in [-0.25, -0.2) is 0 Å². The standard InChI is InChI=1S/C23H24N2O3S/c1-4-8-17-9-6-7-10-21(17)28-15-18-13-16(11-12-20(18)27-3)14-19-22(26)25(5-2)23(29)24-19/h4,6-7,9-14H,1,5,8,15H2,2-3H3,(H,24,29)/b19-14+. The number of amides is 1. The largest absolute Gasteiger partial charge is 0.496 e. The zero-order valence-corrected chi connectivity index (χ0v) is 17.4. The number of carbonyl (C=O) groups excluding carboxylic acids is 1. The summed E-state index contributed by atoms with van der Waals surface area (Å²) in [6, 6.07) is 13.6. The smallest absolute Gasteiger partial charge is 0.276 e. The van der Waals surface area contributed by atoms with E-state index in [1.54, 1.807) is 13.2 Å². The van der Waals surface area contributed by atoms with Crippen LogP contribution in [0.5, 0.6) is 11.5 Å². The molecule has 0 atom stereocenters. The second kappa shape index (κ2) is 9.39.